The Morgan fingerprint density at radius 3 is 2.80 bits per heavy atom. The van der Waals surface area contributed by atoms with Gasteiger partial charge in [0.05, 0.1) is 23.8 Å². The van der Waals surface area contributed by atoms with Gasteiger partial charge in [0.1, 0.15) is 19.3 Å². The molecule has 178 valence electrons. The SMILES string of the molecule is O=C(C[C@H]1C(=O)N(CCCn2ccnc2)c2nc3ccccc3n21)Nc1ccc2c(c1)OCCO2. The average molecular weight is 473 g/mol. The highest BCUT2D eigenvalue weighted by molar-refractivity contribution is 6.05. The largest absolute Gasteiger partial charge is 0.486 e. The summed E-state index contributed by atoms with van der Waals surface area (Å²) >= 11 is 0. The van der Waals surface area contributed by atoms with Crippen molar-refractivity contribution in [2.45, 2.75) is 25.4 Å². The molecule has 0 radical (unpaired) electrons. The van der Waals surface area contributed by atoms with Gasteiger partial charge in [-0.15, -0.1) is 0 Å². The van der Waals surface area contributed by atoms with Gasteiger partial charge in [0.2, 0.25) is 11.9 Å². The maximum absolute atomic E-state index is 13.5. The van der Waals surface area contributed by atoms with Gasteiger partial charge < -0.3 is 19.4 Å². The molecule has 0 bridgehead atoms. The Morgan fingerprint density at radius 1 is 1.09 bits per heavy atom. The van der Waals surface area contributed by atoms with Gasteiger partial charge in [0.25, 0.3) is 5.91 Å². The van der Waals surface area contributed by atoms with Crippen LogP contribution in [0.15, 0.2) is 61.2 Å². The van der Waals surface area contributed by atoms with Crippen molar-refractivity contribution in [3.05, 3.63) is 61.2 Å². The number of ether oxygens (including phenoxy) is 2. The molecule has 35 heavy (non-hydrogen) atoms. The Labute approximate surface area is 201 Å². The third-order valence-electron chi connectivity index (χ3n) is 6.24. The molecule has 0 aliphatic carbocycles. The number of aryl methyl sites for hydroxylation is 1. The van der Waals surface area contributed by atoms with E-state index in [1.165, 1.54) is 0 Å². The van der Waals surface area contributed by atoms with E-state index >= 15 is 0 Å². The molecule has 1 N–H and O–H groups in total. The normalized spacial score (nSPS) is 16.5. The Morgan fingerprint density at radius 2 is 1.94 bits per heavy atom. The zero-order valence-electron chi connectivity index (χ0n) is 19.0. The number of imidazole rings is 2. The summed E-state index contributed by atoms with van der Waals surface area (Å²) in [6, 6.07) is 12.3. The molecule has 2 aliphatic heterocycles. The van der Waals surface area contributed by atoms with Crippen molar-refractivity contribution in [3.63, 3.8) is 0 Å². The van der Waals surface area contributed by atoms with Gasteiger partial charge in [-0.2, -0.15) is 0 Å². The highest BCUT2D eigenvalue weighted by atomic mass is 16.6. The minimum absolute atomic E-state index is 0.00134. The second kappa shape index (κ2) is 8.79. The molecule has 0 saturated carbocycles. The van der Waals surface area contributed by atoms with Crippen LogP contribution in [0.25, 0.3) is 11.0 Å². The Bertz CT molecular complexity index is 1400. The van der Waals surface area contributed by atoms with Gasteiger partial charge >= 0.3 is 0 Å². The first-order chi connectivity index (χ1) is 17.2. The number of carbonyl (C=O) groups excluding carboxylic acids is 2. The summed E-state index contributed by atoms with van der Waals surface area (Å²) in [5.41, 5.74) is 2.23. The number of nitrogens with one attached hydrogen (secondary N) is 1. The van der Waals surface area contributed by atoms with E-state index in [-0.39, 0.29) is 18.2 Å². The van der Waals surface area contributed by atoms with E-state index in [9.17, 15) is 9.59 Å². The second-order valence-corrected chi connectivity index (χ2v) is 8.54. The van der Waals surface area contributed by atoms with Gasteiger partial charge in [0, 0.05) is 37.2 Å². The van der Waals surface area contributed by atoms with Crippen LogP contribution >= 0.6 is 0 Å². The molecule has 2 aliphatic rings. The molecule has 10 heteroatoms. The van der Waals surface area contributed by atoms with E-state index in [4.69, 9.17) is 14.5 Å². The monoisotopic (exact) mass is 472 g/mol. The lowest BCUT2D eigenvalue weighted by molar-refractivity contribution is -0.124. The minimum atomic E-state index is -0.664. The van der Waals surface area contributed by atoms with Crippen molar-refractivity contribution in [1.82, 2.24) is 19.1 Å². The minimum Gasteiger partial charge on any atom is -0.486 e. The summed E-state index contributed by atoms with van der Waals surface area (Å²) in [6.45, 7) is 2.20. The number of rotatable bonds is 7. The van der Waals surface area contributed by atoms with Crippen molar-refractivity contribution >= 4 is 34.5 Å². The van der Waals surface area contributed by atoms with Gasteiger partial charge in [-0.3, -0.25) is 19.1 Å². The fourth-order valence-electron chi connectivity index (χ4n) is 4.65. The maximum Gasteiger partial charge on any atom is 0.253 e. The Kier molecular flexibility index (Phi) is 5.32. The van der Waals surface area contributed by atoms with Gasteiger partial charge in [-0.05, 0) is 30.7 Å². The lowest BCUT2D eigenvalue weighted by Gasteiger charge is -2.19. The summed E-state index contributed by atoms with van der Waals surface area (Å²) in [5, 5.41) is 2.90. The molecule has 6 rings (SSSR count). The highest BCUT2D eigenvalue weighted by Gasteiger charge is 2.40. The standard InChI is InChI=1S/C25H24N6O4/c32-23(27-17-6-7-21-22(14-17)35-13-12-34-21)15-20-24(33)30(10-3-9-29-11-8-26-16-29)25-28-18-4-1-2-5-19(18)31(20)25/h1-2,4-8,11,14,16,20H,3,9-10,12-13,15H2,(H,27,32)/t20-/m0/s1. The predicted octanol–water partition coefficient (Wildman–Crippen LogP) is 3.01. The van der Waals surface area contributed by atoms with Crippen molar-refractivity contribution < 1.29 is 19.1 Å². The predicted molar refractivity (Wildman–Crippen MR) is 129 cm³/mol. The molecule has 4 heterocycles. The first kappa shape index (κ1) is 21.2. The highest BCUT2D eigenvalue weighted by Crippen LogP contribution is 2.37. The van der Waals surface area contributed by atoms with Crippen LogP contribution in [0.3, 0.4) is 0 Å². The lowest BCUT2D eigenvalue weighted by atomic mass is 10.1. The van der Waals surface area contributed by atoms with E-state index in [0.717, 1.165) is 24.0 Å². The Balaban J connectivity index is 1.22. The van der Waals surface area contributed by atoms with Gasteiger partial charge in [-0.25, -0.2) is 9.97 Å². The molecular formula is C25H24N6O4. The summed E-state index contributed by atoms with van der Waals surface area (Å²) in [5.74, 6) is 1.45. The number of aromatic nitrogens is 4. The Hall–Kier alpha value is -4.34. The van der Waals surface area contributed by atoms with Crippen LogP contribution in [0.2, 0.25) is 0 Å². The maximum atomic E-state index is 13.5. The van der Waals surface area contributed by atoms with E-state index in [2.05, 4.69) is 10.3 Å². The third kappa shape index (κ3) is 3.96. The summed E-state index contributed by atoms with van der Waals surface area (Å²) in [4.78, 5) is 37.0. The zero-order chi connectivity index (χ0) is 23.8. The number of carbonyl (C=O) groups is 2. The molecule has 0 spiro atoms. The van der Waals surface area contributed by atoms with Crippen molar-refractivity contribution in [1.29, 1.82) is 0 Å². The lowest BCUT2D eigenvalue weighted by Crippen LogP contribution is -2.32. The number of hydrogen-bond acceptors (Lipinski definition) is 6. The molecule has 10 nitrogen and oxygen atoms in total. The van der Waals surface area contributed by atoms with Crippen LogP contribution < -0.4 is 19.7 Å². The number of para-hydroxylation sites is 2. The van der Waals surface area contributed by atoms with E-state index in [1.807, 2.05) is 39.6 Å². The van der Waals surface area contributed by atoms with E-state index < -0.39 is 6.04 Å². The van der Waals surface area contributed by atoms with Crippen LogP contribution in [0.4, 0.5) is 11.6 Å². The molecule has 0 unspecified atom stereocenters. The average Bonchev–Trinajstić information content (AvgIpc) is 3.57. The smallest absolute Gasteiger partial charge is 0.253 e. The van der Waals surface area contributed by atoms with Gasteiger partial charge in [-0.1, -0.05) is 12.1 Å². The fourth-order valence-corrected chi connectivity index (χ4v) is 4.65. The molecule has 2 aromatic carbocycles. The fraction of sp³-hybridized carbons (Fsp3) is 0.280. The first-order valence-electron chi connectivity index (χ1n) is 11.6. The number of amides is 2. The number of hydrogen-bond donors (Lipinski definition) is 1. The summed E-state index contributed by atoms with van der Waals surface area (Å²) < 4.78 is 15.0. The molecule has 1 atom stereocenters. The first-order valence-corrected chi connectivity index (χ1v) is 11.6. The van der Waals surface area contributed by atoms with Crippen LogP contribution in [0.5, 0.6) is 11.5 Å². The number of nitrogens with zero attached hydrogens (tertiary/aromatic N) is 5. The number of fused-ring (bicyclic) bond motifs is 4. The molecule has 0 saturated heterocycles. The number of benzene rings is 2. The van der Waals surface area contributed by atoms with Gasteiger partial charge in [0.15, 0.2) is 11.5 Å². The third-order valence-corrected chi connectivity index (χ3v) is 6.24. The number of anilines is 2. The van der Waals surface area contributed by atoms with E-state index in [1.54, 1.807) is 35.6 Å². The van der Waals surface area contributed by atoms with Crippen molar-refractivity contribution in [2.75, 3.05) is 30.0 Å². The van der Waals surface area contributed by atoms with Crippen molar-refractivity contribution in [2.24, 2.45) is 0 Å². The zero-order valence-corrected chi connectivity index (χ0v) is 19.0. The van der Waals surface area contributed by atoms with Crippen LogP contribution in [-0.4, -0.2) is 50.7 Å². The van der Waals surface area contributed by atoms with E-state index in [0.29, 0.717) is 42.9 Å². The second-order valence-electron chi connectivity index (χ2n) is 8.54. The molecule has 2 aromatic heterocycles. The van der Waals surface area contributed by atoms with Crippen LogP contribution in [-0.2, 0) is 16.1 Å². The summed E-state index contributed by atoms with van der Waals surface area (Å²) in [7, 11) is 0. The molecule has 2 amide bonds. The molecule has 4 aromatic rings. The molecular weight excluding hydrogens is 448 g/mol. The molecule has 0 fully saturated rings. The quantitative estimate of drug-likeness (QED) is 0.444. The van der Waals surface area contributed by atoms with Crippen LogP contribution in [0, 0.1) is 0 Å². The van der Waals surface area contributed by atoms with Crippen LogP contribution in [0.1, 0.15) is 18.9 Å². The summed E-state index contributed by atoms with van der Waals surface area (Å²) in [6.07, 6.45) is 6.12. The van der Waals surface area contributed by atoms with Crippen molar-refractivity contribution in [3.8, 4) is 11.5 Å². The topological polar surface area (TPSA) is 104 Å².